The van der Waals surface area contributed by atoms with E-state index in [9.17, 15) is 4.79 Å². The van der Waals surface area contributed by atoms with Crippen molar-refractivity contribution in [3.05, 3.63) is 28.0 Å². The van der Waals surface area contributed by atoms with Crippen LogP contribution in [0.2, 0.25) is 10.2 Å². The Balaban J connectivity index is 1.96. The van der Waals surface area contributed by atoms with Crippen LogP contribution in [-0.2, 0) is 0 Å². The molecule has 0 bridgehead atoms. The van der Waals surface area contributed by atoms with Crippen molar-refractivity contribution >= 4 is 29.1 Å². The number of rotatable bonds is 3. The van der Waals surface area contributed by atoms with Crippen LogP contribution in [0.1, 0.15) is 36.2 Å². The summed E-state index contributed by atoms with van der Waals surface area (Å²) in [6.07, 6.45) is 4.90. The summed E-state index contributed by atoms with van der Waals surface area (Å²) in [7, 11) is 0. The Kier molecular flexibility index (Phi) is 4.24. The maximum atomic E-state index is 11.9. The largest absolute Gasteiger partial charge is 0.350 e. The summed E-state index contributed by atoms with van der Waals surface area (Å²) in [4.78, 5) is 15.8. The lowest BCUT2D eigenvalue weighted by Crippen LogP contribution is -2.29. The molecular formula is C12H14Cl2N2O. The van der Waals surface area contributed by atoms with Crippen LogP contribution in [0.15, 0.2) is 12.1 Å². The molecule has 0 atom stereocenters. The molecule has 0 saturated heterocycles. The lowest BCUT2D eigenvalue weighted by Gasteiger charge is -2.10. The van der Waals surface area contributed by atoms with E-state index in [4.69, 9.17) is 23.2 Å². The highest BCUT2D eigenvalue weighted by Crippen LogP contribution is 2.24. The zero-order valence-electron chi connectivity index (χ0n) is 9.38. The van der Waals surface area contributed by atoms with Gasteiger partial charge in [-0.25, -0.2) is 4.98 Å². The number of hydrogen-bond donors (Lipinski definition) is 1. The fourth-order valence-electron chi connectivity index (χ4n) is 2.11. The molecule has 0 spiro atoms. The maximum absolute atomic E-state index is 11.9. The first-order valence-corrected chi connectivity index (χ1v) is 6.52. The van der Waals surface area contributed by atoms with Crippen molar-refractivity contribution in [2.75, 3.05) is 6.54 Å². The standard InChI is InChI=1S/C12H14Cl2N2O/c13-9-5-6-10(14)16-11(9)12(17)15-7-8-3-1-2-4-8/h5-6,8H,1-4,7H2,(H,15,17). The maximum Gasteiger partial charge on any atom is 0.271 e. The molecule has 1 fully saturated rings. The third kappa shape index (κ3) is 3.33. The average Bonchev–Trinajstić information content (AvgIpc) is 2.82. The first-order valence-electron chi connectivity index (χ1n) is 5.77. The zero-order chi connectivity index (χ0) is 12.3. The number of carbonyl (C=O) groups is 1. The van der Waals surface area contributed by atoms with Gasteiger partial charge in [0.2, 0.25) is 0 Å². The minimum atomic E-state index is -0.246. The molecule has 92 valence electrons. The van der Waals surface area contributed by atoms with E-state index in [-0.39, 0.29) is 16.8 Å². The van der Waals surface area contributed by atoms with E-state index >= 15 is 0 Å². The monoisotopic (exact) mass is 272 g/mol. The predicted molar refractivity (Wildman–Crippen MR) is 68.5 cm³/mol. The van der Waals surface area contributed by atoms with Crippen molar-refractivity contribution in [3.8, 4) is 0 Å². The molecule has 1 saturated carbocycles. The second kappa shape index (κ2) is 5.69. The number of carbonyl (C=O) groups excluding carboxylic acids is 1. The molecule has 1 aromatic rings. The molecule has 1 aliphatic rings. The molecule has 0 aliphatic heterocycles. The van der Waals surface area contributed by atoms with Crippen LogP contribution in [-0.4, -0.2) is 17.4 Å². The van der Waals surface area contributed by atoms with Gasteiger partial charge in [0.25, 0.3) is 5.91 Å². The minimum absolute atomic E-state index is 0.206. The van der Waals surface area contributed by atoms with Gasteiger partial charge in [-0.05, 0) is 30.9 Å². The normalized spacial score (nSPS) is 16.1. The van der Waals surface area contributed by atoms with Gasteiger partial charge in [-0.15, -0.1) is 0 Å². The number of nitrogens with zero attached hydrogens (tertiary/aromatic N) is 1. The summed E-state index contributed by atoms with van der Waals surface area (Å²) in [6.45, 7) is 0.698. The summed E-state index contributed by atoms with van der Waals surface area (Å²) < 4.78 is 0. The van der Waals surface area contributed by atoms with Gasteiger partial charge < -0.3 is 5.32 Å². The quantitative estimate of drug-likeness (QED) is 0.858. The Morgan fingerprint density at radius 3 is 2.76 bits per heavy atom. The molecule has 17 heavy (non-hydrogen) atoms. The van der Waals surface area contributed by atoms with Crippen LogP contribution in [0.3, 0.4) is 0 Å². The smallest absolute Gasteiger partial charge is 0.271 e. The van der Waals surface area contributed by atoms with Crippen molar-refractivity contribution in [1.29, 1.82) is 0 Å². The molecule has 5 heteroatoms. The summed E-state index contributed by atoms with van der Waals surface area (Å²) in [5, 5.41) is 3.47. The number of hydrogen-bond acceptors (Lipinski definition) is 2. The van der Waals surface area contributed by atoms with Crippen molar-refractivity contribution in [2.45, 2.75) is 25.7 Å². The van der Waals surface area contributed by atoms with Crippen LogP contribution in [0.4, 0.5) is 0 Å². The molecule has 1 heterocycles. The third-order valence-electron chi connectivity index (χ3n) is 3.05. The van der Waals surface area contributed by atoms with Crippen LogP contribution in [0, 0.1) is 5.92 Å². The molecule has 0 unspecified atom stereocenters. The lowest BCUT2D eigenvalue weighted by molar-refractivity contribution is 0.0942. The van der Waals surface area contributed by atoms with Crippen molar-refractivity contribution in [1.82, 2.24) is 10.3 Å². The van der Waals surface area contributed by atoms with E-state index in [1.54, 1.807) is 12.1 Å². The van der Waals surface area contributed by atoms with Gasteiger partial charge in [-0.1, -0.05) is 36.0 Å². The number of nitrogens with one attached hydrogen (secondary N) is 1. The average molecular weight is 273 g/mol. The van der Waals surface area contributed by atoms with Crippen molar-refractivity contribution < 1.29 is 4.79 Å². The molecule has 1 aromatic heterocycles. The molecule has 0 radical (unpaired) electrons. The van der Waals surface area contributed by atoms with Gasteiger partial charge in [0, 0.05) is 6.54 Å². The number of amides is 1. The summed E-state index contributed by atoms with van der Waals surface area (Å²) in [5.74, 6) is 0.348. The topological polar surface area (TPSA) is 42.0 Å². The van der Waals surface area contributed by atoms with E-state index in [1.807, 2.05) is 0 Å². The molecular weight excluding hydrogens is 259 g/mol. The molecule has 1 amide bonds. The van der Waals surface area contributed by atoms with Crippen molar-refractivity contribution in [3.63, 3.8) is 0 Å². The zero-order valence-corrected chi connectivity index (χ0v) is 10.9. The number of aromatic nitrogens is 1. The summed E-state index contributed by atoms with van der Waals surface area (Å²) >= 11 is 11.6. The highest BCUT2D eigenvalue weighted by Gasteiger charge is 2.18. The number of pyridine rings is 1. The highest BCUT2D eigenvalue weighted by molar-refractivity contribution is 6.34. The van der Waals surface area contributed by atoms with Gasteiger partial charge >= 0.3 is 0 Å². The van der Waals surface area contributed by atoms with Gasteiger partial charge in [-0.3, -0.25) is 4.79 Å². The predicted octanol–water partition coefficient (Wildman–Crippen LogP) is 3.31. The van der Waals surface area contributed by atoms with E-state index < -0.39 is 0 Å². The lowest BCUT2D eigenvalue weighted by atomic mass is 10.1. The molecule has 1 aliphatic carbocycles. The Labute approximate surface area is 111 Å². The van der Waals surface area contributed by atoms with Crippen LogP contribution in [0.25, 0.3) is 0 Å². The third-order valence-corrected chi connectivity index (χ3v) is 3.57. The first-order chi connectivity index (χ1) is 8.16. The fourth-order valence-corrected chi connectivity index (χ4v) is 2.45. The summed E-state index contributed by atoms with van der Waals surface area (Å²) in [5.41, 5.74) is 0.206. The molecule has 0 aromatic carbocycles. The highest BCUT2D eigenvalue weighted by atomic mass is 35.5. The van der Waals surface area contributed by atoms with Crippen LogP contribution < -0.4 is 5.32 Å². The Hall–Kier alpha value is -0.800. The van der Waals surface area contributed by atoms with Gasteiger partial charge in [0.1, 0.15) is 10.8 Å². The van der Waals surface area contributed by atoms with Gasteiger partial charge in [0.05, 0.1) is 5.02 Å². The van der Waals surface area contributed by atoms with Gasteiger partial charge in [-0.2, -0.15) is 0 Å². The number of halogens is 2. The second-order valence-electron chi connectivity index (χ2n) is 4.32. The second-order valence-corrected chi connectivity index (χ2v) is 5.12. The first kappa shape index (κ1) is 12.7. The SMILES string of the molecule is O=C(NCC1CCCC1)c1nc(Cl)ccc1Cl. The van der Waals surface area contributed by atoms with E-state index in [0.717, 1.165) is 0 Å². The van der Waals surface area contributed by atoms with E-state index in [0.29, 0.717) is 17.5 Å². The Bertz CT molecular complexity index is 417. The molecule has 2 rings (SSSR count). The van der Waals surface area contributed by atoms with Crippen molar-refractivity contribution in [2.24, 2.45) is 5.92 Å². The Morgan fingerprint density at radius 2 is 2.06 bits per heavy atom. The van der Waals surface area contributed by atoms with Crippen LogP contribution in [0.5, 0.6) is 0 Å². The van der Waals surface area contributed by atoms with E-state index in [2.05, 4.69) is 10.3 Å². The molecule has 3 nitrogen and oxygen atoms in total. The van der Waals surface area contributed by atoms with Gasteiger partial charge in [0.15, 0.2) is 0 Å². The minimum Gasteiger partial charge on any atom is -0.350 e. The fraction of sp³-hybridized carbons (Fsp3) is 0.500. The van der Waals surface area contributed by atoms with Crippen LogP contribution >= 0.6 is 23.2 Å². The Morgan fingerprint density at radius 1 is 1.35 bits per heavy atom. The molecule has 1 N–H and O–H groups in total. The summed E-state index contributed by atoms with van der Waals surface area (Å²) in [6, 6.07) is 3.15. The van der Waals surface area contributed by atoms with E-state index in [1.165, 1.54) is 25.7 Å².